The molecule has 0 heterocycles. The van der Waals surface area contributed by atoms with Crippen molar-refractivity contribution >= 4 is 7.82 Å². The fourth-order valence-corrected chi connectivity index (χ4v) is 3.32. The van der Waals surface area contributed by atoms with Crippen LogP contribution < -0.4 is 0 Å². The first-order valence-corrected chi connectivity index (χ1v) is 11.9. The third-order valence-corrected chi connectivity index (χ3v) is 5.14. The predicted octanol–water partition coefficient (Wildman–Crippen LogP) is 5.51. The van der Waals surface area contributed by atoms with Gasteiger partial charge in [-0.05, 0) is 20.0 Å². The molecule has 25 heavy (non-hydrogen) atoms. The highest BCUT2D eigenvalue weighted by molar-refractivity contribution is 7.46. The molecule has 0 amide bonds. The molecule has 0 bridgehead atoms. The lowest BCUT2D eigenvalue weighted by atomic mass is 10.0. The Hall–Kier alpha value is 0.0700. The minimum Gasteiger partial charge on any atom is -0.304 e. The van der Waals surface area contributed by atoms with Crippen molar-refractivity contribution in [3.63, 3.8) is 0 Å². The van der Waals surface area contributed by atoms with Crippen LogP contribution >= 0.6 is 7.82 Å². The first kappa shape index (κ1) is 25.1. The van der Waals surface area contributed by atoms with Crippen molar-refractivity contribution in [1.82, 2.24) is 4.90 Å². The molecule has 0 aliphatic carbocycles. The van der Waals surface area contributed by atoms with E-state index >= 15 is 0 Å². The second-order valence-electron chi connectivity index (χ2n) is 7.22. The Morgan fingerprint density at radius 3 is 1.52 bits per heavy atom. The molecule has 2 N–H and O–H groups in total. The maximum atomic E-state index is 10.6. The zero-order valence-electron chi connectivity index (χ0n) is 16.6. The van der Waals surface area contributed by atoms with Gasteiger partial charge in [0.15, 0.2) is 0 Å². The summed E-state index contributed by atoms with van der Waals surface area (Å²) in [6, 6.07) is 0. The normalized spacial score (nSPS) is 12.2. The van der Waals surface area contributed by atoms with E-state index in [0.717, 1.165) is 13.0 Å². The Morgan fingerprint density at radius 2 is 1.12 bits per heavy atom. The van der Waals surface area contributed by atoms with E-state index in [-0.39, 0.29) is 6.61 Å². The van der Waals surface area contributed by atoms with Crippen LogP contribution in [-0.2, 0) is 9.09 Å². The van der Waals surface area contributed by atoms with Crippen LogP contribution in [-0.4, -0.2) is 41.4 Å². The number of likely N-dealkylation sites (N-methyl/N-ethyl adjacent to an activating group) is 1. The van der Waals surface area contributed by atoms with Crippen molar-refractivity contribution in [2.24, 2.45) is 0 Å². The molecule has 0 saturated heterocycles. The number of hydrogen-bond donors (Lipinski definition) is 2. The van der Waals surface area contributed by atoms with Crippen LogP contribution in [0.1, 0.15) is 96.8 Å². The molecule has 0 aliphatic rings. The molecule has 0 atom stereocenters. The standard InChI is InChI=1S/C19H42NO4P/c1-3-4-5-6-7-8-9-10-11-12-13-14-15-16-17-20(2)18-19-24-25(21,22)23/h3-19H2,1-2H3,(H2,21,22,23). The first-order valence-electron chi connectivity index (χ1n) is 10.3. The third-order valence-electron chi connectivity index (χ3n) is 4.63. The molecule has 0 radical (unpaired) electrons. The summed E-state index contributed by atoms with van der Waals surface area (Å²) in [4.78, 5) is 19.3. The van der Waals surface area contributed by atoms with Crippen LogP contribution in [0.25, 0.3) is 0 Å². The molecule has 0 aromatic heterocycles. The second-order valence-corrected chi connectivity index (χ2v) is 8.46. The number of nitrogens with zero attached hydrogens (tertiary/aromatic N) is 1. The highest BCUT2D eigenvalue weighted by atomic mass is 31.2. The van der Waals surface area contributed by atoms with Gasteiger partial charge in [0.25, 0.3) is 0 Å². The lowest BCUT2D eigenvalue weighted by molar-refractivity contribution is 0.171. The molecular formula is C19H42NO4P. The van der Waals surface area contributed by atoms with Crippen LogP contribution in [0.4, 0.5) is 0 Å². The van der Waals surface area contributed by atoms with Gasteiger partial charge in [-0.3, -0.25) is 4.52 Å². The molecule has 0 aromatic carbocycles. The maximum Gasteiger partial charge on any atom is 0.469 e. The van der Waals surface area contributed by atoms with Crippen LogP contribution in [0.15, 0.2) is 0 Å². The SMILES string of the molecule is CCCCCCCCCCCCCCCCN(C)CCOP(=O)(O)O. The summed E-state index contributed by atoms with van der Waals surface area (Å²) in [6.45, 7) is 3.87. The Kier molecular flexibility index (Phi) is 17.5. The molecule has 0 aliphatic heterocycles. The molecule has 6 heteroatoms. The number of unbranched alkanes of at least 4 members (excludes halogenated alkanes) is 13. The summed E-state index contributed by atoms with van der Waals surface area (Å²) in [7, 11) is -2.35. The van der Waals surface area contributed by atoms with Gasteiger partial charge in [0.2, 0.25) is 0 Å². The lowest BCUT2D eigenvalue weighted by Crippen LogP contribution is -2.24. The quantitative estimate of drug-likeness (QED) is 0.229. The maximum absolute atomic E-state index is 10.6. The number of rotatable bonds is 19. The molecule has 0 spiro atoms. The average molecular weight is 380 g/mol. The van der Waals surface area contributed by atoms with Crippen LogP contribution in [0.3, 0.4) is 0 Å². The summed E-state index contributed by atoms with van der Waals surface area (Å²) in [5.41, 5.74) is 0. The Morgan fingerprint density at radius 1 is 0.720 bits per heavy atom. The van der Waals surface area contributed by atoms with Gasteiger partial charge in [0.05, 0.1) is 6.61 Å². The topological polar surface area (TPSA) is 70.0 Å². The molecular weight excluding hydrogens is 337 g/mol. The van der Waals surface area contributed by atoms with E-state index in [2.05, 4.69) is 16.3 Å². The molecule has 152 valence electrons. The average Bonchev–Trinajstić information content (AvgIpc) is 2.54. The largest absolute Gasteiger partial charge is 0.469 e. The second kappa shape index (κ2) is 17.5. The summed E-state index contributed by atoms with van der Waals surface area (Å²) < 4.78 is 15.0. The molecule has 0 unspecified atom stereocenters. The van der Waals surface area contributed by atoms with Gasteiger partial charge in [-0.2, -0.15) is 0 Å². The van der Waals surface area contributed by atoms with E-state index in [1.807, 2.05) is 7.05 Å². The zero-order chi connectivity index (χ0) is 18.8. The number of phosphoric acid groups is 1. The van der Waals surface area contributed by atoms with Gasteiger partial charge in [-0.25, -0.2) is 4.57 Å². The molecule has 0 fully saturated rings. The summed E-state index contributed by atoms with van der Waals surface area (Å²) in [5, 5.41) is 0. The van der Waals surface area contributed by atoms with Crippen molar-refractivity contribution < 1.29 is 18.9 Å². The monoisotopic (exact) mass is 379 g/mol. The van der Waals surface area contributed by atoms with Gasteiger partial charge in [-0.15, -0.1) is 0 Å². The fourth-order valence-electron chi connectivity index (χ4n) is 3.00. The highest BCUT2D eigenvalue weighted by Crippen LogP contribution is 2.35. The van der Waals surface area contributed by atoms with E-state index in [9.17, 15) is 4.57 Å². The molecule has 0 saturated carbocycles. The first-order chi connectivity index (χ1) is 12.0. The van der Waals surface area contributed by atoms with Crippen molar-refractivity contribution in [1.29, 1.82) is 0 Å². The highest BCUT2D eigenvalue weighted by Gasteiger charge is 2.13. The smallest absolute Gasteiger partial charge is 0.304 e. The summed E-state index contributed by atoms with van der Waals surface area (Å²) in [6.07, 6.45) is 19.0. The van der Waals surface area contributed by atoms with E-state index < -0.39 is 7.82 Å². The lowest BCUT2D eigenvalue weighted by Gasteiger charge is -2.16. The molecule has 0 rings (SSSR count). The van der Waals surface area contributed by atoms with E-state index in [1.165, 1.54) is 83.5 Å². The van der Waals surface area contributed by atoms with Crippen molar-refractivity contribution in [3.8, 4) is 0 Å². The number of phosphoric ester groups is 1. The Balaban J connectivity index is 3.17. The van der Waals surface area contributed by atoms with Crippen LogP contribution in [0, 0.1) is 0 Å². The fraction of sp³-hybridized carbons (Fsp3) is 1.00. The van der Waals surface area contributed by atoms with E-state index in [0.29, 0.717) is 6.54 Å². The summed E-state index contributed by atoms with van der Waals surface area (Å²) >= 11 is 0. The summed E-state index contributed by atoms with van der Waals surface area (Å²) in [5.74, 6) is 0. The molecule has 5 nitrogen and oxygen atoms in total. The minimum absolute atomic E-state index is 0.0827. The van der Waals surface area contributed by atoms with Crippen molar-refractivity contribution in [3.05, 3.63) is 0 Å². The van der Waals surface area contributed by atoms with Crippen LogP contribution in [0.5, 0.6) is 0 Å². The van der Waals surface area contributed by atoms with E-state index in [1.54, 1.807) is 0 Å². The Labute approximate surface area is 155 Å². The van der Waals surface area contributed by atoms with Gasteiger partial charge < -0.3 is 14.7 Å². The van der Waals surface area contributed by atoms with Crippen molar-refractivity contribution in [2.75, 3.05) is 26.7 Å². The van der Waals surface area contributed by atoms with Gasteiger partial charge in [0.1, 0.15) is 0 Å². The third kappa shape index (κ3) is 22.0. The van der Waals surface area contributed by atoms with Gasteiger partial charge in [-0.1, -0.05) is 90.4 Å². The predicted molar refractivity (Wildman–Crippen MR) is 106 cm³/mol. The van der Waals surface area contributed by atoms with Gasteiger partial charge >= 0.3 is 7.82 Å². The minimum atomic E-state index is -4.31. The van der Waals surface area contributed by atoms with Crippen molar-refractivity contribution in [2.45, 2.75) is 96.8 Å². The van der Waals surface area contributed by atoms with Crippen LogP contribution in [0.2, 0.25) is 0 Å². The zero-order valence-corrected chi connectivity index (χ0v) is 17.5. The van der Waals surface area contributed by atoms with E-state index in [4.69, 9.17) is 9.79 Å². The van der Waals surface area contributed by atoms with Gasteiger partial charge in [0, 0.05) is 6.54 Å². The Bertz CT molecular complexity index is 323. The molecule has 0 aromatic rings. The number of hydrogen-bond acceptors (Lipinski definition) is 3.